The molecule has 0 aliphatic heterocycles. The number of amides is 1. The minimum Gasteiger partial charge on any atom is -0.464 e. The number of esters is 1. The van der Waals surface area contributed by atoms with E-state index in [0.717, 1.165) is 31.0 Å². The SMILES string of the molecule is O=C(CNC(=O)c1cc(S(=O)(=O)Nc2ccc(F)cc2)ccc1Cl)OCC1CC1. The molecule has 1 aliphatic rings. The van der Waals surface area contributed by atoms with E-state index in [9.17, 15) is 22.4 Å². The maximum absolute atomic E-state index is 13.0. The van der Waals surface area contributed by atoms with Crippen molar-refractivity contribution in [2.45, 2.75) is 17.7 Å². The summed E-state index contributed by atoms with van der Waals surface area (Å²) in [5.41, 5.74) is 0.0504. The number of nitrogens with one attached hydrogen (secondary N) is 2. The Balaban J connectivity index is 1.68. The van der Waals surface area contributed by atoms with Gasteiger partial charge in [0.1, 0.15) is 12.4 Å². The van der Waals surface area contributed by atoms with Crippen molar-refractivity contribution in [3.05, 3.63) is 58.9 Å². The Hall–Kier alpha value is -2.65. The average Bonchev–Trinajstić information content (AvgIpc) is 3.51. The summed E-state index contributed by atoms with van der Waals surface area (Å²) in [6.07, 6.45) is 2.06. The average molecular weight is 441 g/mol. The largest absolute Gasteiger partial charge is 0.464 e. The minimum atomic E-state index is -4.04. The van der Waals surface area contributed by atoms with Crippen LogP contribution in [-0.4, -0.2) is 33.4 Å². The second-order valence-electron chi connectivity index (χ2n) is 6.56. The number of hydrogen-bond donors (Lipinski definition) is 2. The van der Waals surface area contributed by atoms with E-state index >= 15 is 0 Å². The van der Waals surface area contributed by atoms with Gasteiger partial charge in [-0.1, -0.05) is 11.6 Å². The van der Waals surface area contributed by atoms with Gasteiger partial charge in [0.15, 0.2) is 0 Å². The summed E-state index contributed by atoms with van der Waals surface area (Å²) in [6.45, 7) is -0.0229. The lowest BCUT2D eigenvalue weighted by Gasteiger charge is -2.11. The maximum atomic E-state index is 13.0. The van der Waals surface area contributed by atoms with Crippen LogP contribution in [0, 0.1) is 11.7 Å². The van der Waals surface area contributed by atoms with Crippen LogP contribution in [0.1, 0.15) is 23.2 Å². The number of anilines is 1. The lowest BCUT2D eigenvalue weighted by atomic mass is 10.2. The highest BCUT2D eigenvalue weighted by Gasteiger charge is 2.23. The molecule has 10 heteroatoms. The molecule has 3 rings (SSSR count). The lowest BCUT2D eigenvalue weighted by molar-refractivity contribution is -0.142. The molecule has 0 heterocycles. The molecular weight excluding hydrogens is 423 g/mol. The molecule has 0 bridgehead atoms. The van der Waals surface area contributed by atoms with Crippen LogP contribution >= 0.6 is 11.6 Å². The maximum Gasteiger partial charge on any atom is 0.325 e. The molecule has 1 fully saturated rings. The predicted octanol–water partition coefficient (Wildman–Crippen LogP) is 2.96. The van der Waals surface area contributed by atoms with E-state index in [-0.39, 0.29) is 27.7 Å². The van der Waals surface area contributed by atoms with Crippen LogP contribution in [0.5, 0.6) is 0 Å². The first kappa shape index (κ1) is 21.1. The van der Waals surface area contributed by atoms with E-state index in [0.29, 0.717) is 12.5 Å². The normalized spacial score (nSPS) is 13.6. The molecule has 29 heavy (non-hydrogen) atoms. The highest BCUT2D eigenvalue weighted by atomic mass is 35.5. The highest BCUT2D eigenvalue weighted by Crippen LogP contribution is 2.28. The Kier molecular flexibility index (Phi) is 6.39. The van der Waals surface area contributed by atoms with Gasteiger partial charge in [-0.3, -0.25) is 14.3 Å². The molecule has 0 unspecified atom stereocenters. The number of carbonyl (C=O) groups excluding carboxylic acids is 2. The van der Waals surface area contributed by atoms with Crippen LogP contribution in [0.25, 0.3) is 0 Å². The third-order valence-electron chi connectivity index (χ3n) is 4.16. The number of hydrogen-bond acceptors (Lipinski definition) is 5. The van der Waals surface area contributed by atoms with Crippen molar-refractivity contribution in [3.8, 4) is 0 Å². The summed E-state index contributed by atoms with van der Waals surface area (Å²) >= 11 is 6.01. The first-order valence-electron chi connectivity index (χ1n) is 8.76. The Morgan fingerprint density at radius 3 is 2.48 bits per heavy atom. The number of ether oxygens (including phenoxy) is 1. The number of halogens is 2. The molecule has 0 spiro atoms. The van der Waals surface area contributed by atoms with Crippen LogP contribution < -0.4 is 10.0 Å². The number of sulfonamides is 1. The van der Waals surface area contributed by atoms with E-state index in [4.69, 9.17) is 16.3 Å². The van der Waals surface area contributed by atoms with Gasteiger partial charge in [0.05, 0.1) is 22.1 Å². The molecule has 0 atom stereocenters. The fourth-order valence-electron chi connectivity index (χ4n) is 2.37. The molecule has 0 radical (unpaired) electrons. The van der Waals surface area contributed by atoms with Gasteiger partial charge in [0.25, 0.3) is 15.9 Å². The Bertz CT molecular complexity index is 1020. The van der Waals surface area contributed by atoms with E-state index < -0.39 is 27.7 Å². The quantitative estimate of drug-likeness (QED) is 0.614. The van der Waals surface area contributed by atoms with Crippen LogP contribution in [0.3, 0.4) is 0 Å². The number of rotatable bonds is 8. The van der Waals surface area contributed by atoms with Crippen LogP contribution in [-0.2, 0) is 19.6 Å². The molecule has 2 aromatic rings. The van der Waals surface area contributed by atoms with Crippen molar-refractivity contribution in [1.82, 2.24) is 5.32 Å². The molecule has 154 valence electrons. The molecule has 1 aliphatic carbocycles. The Morgan fingerprint density at radius 2 is 1.83 bits per heavy atom. The third kappa shape index (κ3) is 5.91. The van der Waals surface area contributed by atoms with Crippen molar-refractivity contribution < 1.29 is 27.1 Å². The molecule has 2 aromatic carbocycles. The summed E-state index contributed by atoms with van der Waals surface area (Å²) in [4.78, 5) is 23.8. The van der Waals surface area contributed by atoms with E-state index in [1.165, 1.54) is 24.3 Å². The van der Waals surface area contributed by atoms with Gasteiger partial charge in [-0.2, -0.15) is 0 Å². The highest BCUT2D eigenvalue weighted by molar-refractivity contribution is 7.92. The zero-order valence-corrected chi connectivity index (χ0v) is 16.7. The molecule has 0 saturated heterocycles. The zero-order valence-electron chi connectivity index (χ0n) is 15.2. The molecule has 2 N–H and O–H groups in total. The van der Waals surface area contributed by atoms with Crippen LogP contribution in [0.15, 0.2) is 47.4 Å². The van der Waals surface area contributed by atoms with Crippen molar-refractivity contribution in [2.24, 2.45) is 5.92 Å². The van der Waals surface area contributed by atoms with Gasteiger partial charge in [-0.25, -0.2) is 12.8 Å². The molecule has 7 nitrogen and oxygen atoms in total. The van der Waals surface area contributed by atoms with Gasteiger partial charge < -0.3 is 10.1 Å². The monoisotopic (exact) mass is 440 g/mol. The zero-order chi connectivity index (χ0) is 21.0. The molecule has 1 saturated carbocycles. The number of carbonyl (C=O) groups is 2. The second kappa shape index (κ2) is 8.79. The van der Waals surface area contributed by atoms with Crippen molar-refractivity contribution in [1.29, 1.82) is 0 Å². The third-order valence-corrected chi connectivity index (χ3v) is 5.87. The minimum absolute atomic E-state index is 0.0228. The number of benzene rings is 2. The van der Waals surface area contributed by atoms with Crippen LogP contribution in [0.2, 0.25) is 5.02 Å². The summed E-state index contributed by atoms with van der Waals surface area (Å²) in [5.74, 6) is -1.39. The summed E-state index contributed by atoms with van der Waals surface area (Å²) in [7, 11) is -4.04. The topological polar surface area (TPSA) is 102 Å². The van der Waals surface area contributed by atoms with Gasteiger partial charge in [0.2, 0.25) is 0 Å². The fraction of sp³-hybridized carbons (Fsp3) is 0.263. The van der Waals surface area contributed by atoms with Crippen LogP contribution in [0.4, 0.5) is 10.1 Å². The standard InChI is InChI=1S/C19H18ClFN2O5S/c20-17-8-7-15(29(26,27)23-14-5-3-13(21)4-6-14)9-16(17)19(25)22-10-18(24)28-11-12-1-2-12/h3-9,12,23H,1-2,10-11H2,(H,22,25). The van der Waals surface area contributed by atoms with Crippen molar-refractivity contribution >= 4 is 39.2 Å². The van der Waals surface area contributed by atoms with E-state index in [2.05, 4.69) is 10.0 Å². The predicted molar refractivity (Wildman–Crippen MR) is 105 cm³/mol. The summed E-state index contributed by atoms with van der Waals surface area (Å²) in [6, 6.07) is 8.35. The molecular formula is C19H18ClFN2O5S. The first-order chi connectivity index (χ1) is 13.7. The Morgan fingerprint density at radius 1 is 1.14 bits per heavy atom. The summed E-state index contributed by atoms with van der Waals surface area (Å²) < 4.78 is 45.4. The van der Waals surface area contributed by atoms with Gasteiger partial charge in [0, 0.05) is 5.69 Å². The molecule has 0 aromatic heterocycles. The van der Waals surface area contributed by atoms with Gasteiger partial charge in [-0.05, 0) is 61.2 Å². The Labute approximate surface area is 172 Å². The lowest BCUT2D eigenvalue weighted by Crippen LogP contribution is -2.31. The fourth-order valence-corrected chi connectivity index (χ4v) is 3.66. The van der Waals surface area contributed by atoms with Crippen molar-refractivity contribution in [3.63, 3.8) is 0 Å². The smallest absolute Gasteiger partial charge is 0.325 e. The first-order valence-corrected chi connectivity index (χ1v) is 10.6. The van der Waals surface area contributed by atoms with E-state index in [1.807, 2.05) is 0 Å². The second-order valence-corrected chi connectivity index (χ2v) is 8.65. The summed E-state index contributed by atoms with van der Waals surface area (Å²) in [5, 5.41) is 2.39. The van der Waals surface area contributed by atoms with Crippen molar-refractivity contribution in [2.75, 3.05) is 17.9 Å². The van der Waals surface area contributed by atoms with Gasteiger partial charge in [-0.15, -0.1) is 0 Å². The molecule has 1 amide bonds. The van der Waals surface area contributed by atoms with E-state index in [1.54, 1.807) is 0 Å². The van der Waals surface area contributed by atoms with Gasteiger partial charge >= 0.3 is 5.97 Å².